The number of nitrogen functional groups attached to an aromatic ring is 1. The molecule has 1 aromatic rings. The Morgan fingerprint density at radius 2 is 2.25 bits per heavy atom. The Kier molecular flexibility index (Phi) is 1.77. The molecule has 1 atom stereocenters. The summed E-state index contributed by atoms with van der Waals surface area (Å²) in [6, 6.07) is 5.76. The Balaban J connectivity index is 2.46. The van der Waals surface area contributed by atoms with Crippen molar-refractivity contribution in [2.24, 2.45) is 0 Å². The zero-order chi connectivity index (χ0) is 8.55. The molecule has 2 rings (SSSR count). The average molecular weight is 163 g/mol. The lowest BCUT2D eigenvalue weighted by Gasteiger charge is -2.21. The maximum absolute atomic E-state index is 9.61. The molecule has 0 bridgehead atoms. The lowest BCUT2D eigenvalue weighted by atomic mass is 9.89. The first-order valence-electron chi connectivity index (χ1n) is 4.34. The van der Waals surface area contributed by atoms with Crippen molar-refractivity contribution in [3.63, 3.8) is 0 Å². The molecule has 0 radical (unpaired) electrons. The molecule has 0 unspecified atom stereocenters. The number of benzene rings is 1. The van der Waals surface area contributed by atoms with Crippen molar-refractivity contribution < 1.29 is 5.11 Å². The minimum Gasteiger partial charge on any atom is -0.399 e. The highest BCUT2D eigenvalue weighted by molar-refractivity contribution is 5.46. The third-order valence-electron chi connectivity index (χ3n) is 2.45. The minimum absolute atomic E-state index is 0.269. The summed E-state index contributed by atoms with van der Waals surface area (Å²) in [6.07, 6.45) is 2.74. The maximum atomic E-state index is 9.61. The molecule has 0 amide bonds. The summed E-state index contributed by atoms with van der Waals surface area (Å²) in [6.45, 7) is 0. The smallest absolute Gasteiger partial charge is 0.0792 e. The molecule has 64 valence electrons. The summed E-state index contributed by atoms with van der Waals surface area (Å²) in [5, 5.41) is 9.61. The van der Waals surface area contributed by atoms with Crippen LogP contribution in [0.1, 0.15) is 30.1 Å². The number of nitrogens with two attached hydrogens (primary N) is 1. The molecule has 0 spiro atoms. The summed E-state index contributed by atoms with van der Waals surface area (Å²) in [4.78, 5) is 0. The second-order valence-electron chi connectivity index (χ2n) is 3.37. The Bertz CT molecular complexity index is 296. The topological polar surface area (TPSA) is 46.2 Å². The number of aliphatic hydroxyl groups is 1. The van der Waals surface area contributed by atoms with E-state index in [-0.39, 0.29) is 6.10 Å². The molecule has 0 saturated heterocycles. The fraction of sp³-hybridized carbons (Fsp3) is 0.400. The van der Waals surface area contributed by atoms with Gasteiger partial charge in [-0.1, -0.05) is 6.07 Å². The molecule has 1 aliphatic carbocycles. The molecule has 1 aliphatic rings. The number of fused-ring (bicyclic) bond motifs is 1. The van der Waals surface area contributed by atoms with E-state index in [1.807, 2.05) is 18.2 Å². The van der Waals surface area contributed by atoms with E-state index in [4.69, 9.17) is 5.73 Å². The van der Waals surface area contributed by atoms with Gasteiger partial charge in [-0.3, -0.25) is 0 Å². The maximum Gasteiger partial charge on any atom is 0.0792 e. The average Bonchev–Trinajstić information content (AvgIpc) is 2.04. The second-order valence-corrected chi connectivity index (χ2v) is 3.37. The molecule has 0 aliphatic heterocycles. The first kappa shape index (κ1) is 7.62. The SMILES string of the molecule is Nc1ccc2c(c1)CCC[C@@H]2O. The van der Waals surface area contributed by atoms with Crippen molar-refractivity contribution in [2.45, 2.75) is 25.4 Å². The molecule has 0 fully saturated rings. The predicted octanol–water partition coefficient (Wildman–Crippen LogP) is 1.64. The molecule has 0 aromatic heterocycles. The van der Waals surface area contributed by atoms with E-state index in [9.17, 15) is 5.11 Å². The van der Waals surface area contributed by atoms with Crippen LogP contribution in [0.4, 0.5) is 5.69 Å². The molecular formula is C10H13NO. The summed E-state index contributed by atoms with van der Waals surface area (Å²) >= 11 is 0. The van der Waals surface area contributed by atoms with Crippen LogP contribution in [0.15, 0.2) is 18.2 Å². The van der Waals surface area contributed by atoms with E-state index >= 15 is 0 Å². The van der Waals surface area contributed by atoms with Gasteiger partial charge in [-0.15, -0.1) is 0 Å². The van der Waals surface area contributed by atoms with Gasteiger partial charge in [-0.25, -0.2) is 0 Å². The van der Waals surface area contributed by atoms with Crippen molar-refractivity contribution >= 4 is 5.69 Å². The first-order chi connectivity index (χ1) is 5.77. The summed E-state index contributed by atoms with van der Waals surface area (Å²) < 4.78 is 0. The van der Waals surface area contributed by atoms with E-state index in [0.29, 0.717) is 0 Å². The van der Waals surface area contributed by atoms with E-state index < -0.39 is 0 Å². The highest BCUT2D eigenvalue weighted by Gasteiger charge is 2.16. The number of hydrogen-bond acceptors (Lipinski definition) is 2. The lowest BCUT2D eigenvalue weighted by Crippen LogP contribution is -2.09. The third kappa shape index (κ3) is 1.18. The molecule has 12 heavy (non-hydrogen) atoms. The lowest BCUT2D eigenvalue weighted by molar-refractivity contribution is 0.156. The van der Waals surface area contributed by atoms with Gasteiger partial charge in [-0.2, -0.15) is 0 Å². The molecule has 3 N–H and O–H groups in total. The van der Waals surface area contributed by atoms with Crippen LogP contribution in [-0.4, -0.2) is 5.11 Å². The van der Waals surface area contributed by atoms with Gasteiger partial charge in [0.05, 0.1) is 6.10 Å². The monoisotopic (exact) mass is 163 g/mol. The van der Waals surface area contributed by atoms with Crippen LogP contribution in [0.3, 0.4) is 0 Å². The molecule has 1 aromatic carbocycles. The largest absolute Gasteiger partial charge is 0.399 e. The molecular weight excluding hydrogens is 150 g/mol. The van der Waals surface area contributed by atoms with Gasteiger partial charge in [0.2, 0.25) is 0 Å². The van der Waals surface area contributed by atoms with E-state index in [2.05, 4.69) is 0 Å². The van der Waals surface area contributed by atoms with Crippen LogP contribution in [0.5, 0.6) is 0 Å². The van der Waals surface area contributed by atoms with Gasteiger partial charge < -0.3 is 10.8 Å². The molecule has 0 saturated carbocycles. The summed E-state index contributed by atoms with van der Waals surface area (Å²) in [7, 11) is 0. The summed E-state index contributed by atoms with van der Waals surface area (Å²) in [5.41, 5.74) is 8.72. The van der Waals surface area contributed by atoms with Crippen LogP contribution < -0.4 is 5.73 Å². The van der Waals surface area contributed by atoms with Crippen molar-refractivity contribution in [3.05, 3.63) is 29.3 Å². The van der Waals surface area contributed by atoms with Gasteiger partial charge >= 0.3 is 0 Å². The fourth-order valence-corrected chi connectivity index (χ4v) is 1.81. The van der Waals surface area contributed by atoms with Crippen LogP contribution in [-0.2, 0) is 6.42 Å². The number of aliphatic hydroxyl groups excluding tert-OH is 1. The highest BCUT2D eigenvalue weighted by atomic mass is 16.3. The second kappa shape index (κ2) is 2.79. The van der Waals surface area contributed by atoms with Gasteiger partial charge in [0, 0.05) is 5.69 Å². The Hall–Kier alpha value is -1.02. The number of rotatable bonds is 0. The highest BCUT2D eigenvalue weighted by Crippen LogP contribution is 2.30. The van der Waals surface area contributed by atoms with E-state index in [1.54, 1.807) is 0 Å². The first-order valence-corrected chi connectivity index (χ1v) is 4.34. The standard InChI is InChI=1S/C10H13NO/c11-8-4-5-9-7(6-8)2-1-3-10(9)12/h4-6,10,12H,1-3,11H2/t10-/m0/s1. The number of aryl methyl sites for hydroxylation is 1. The zero-order valence-corrected chi connectivity index (χ0v) is 6.96. The molecule has 2 heteroatoms. The Labute approximate surface area is 72.0 Å². The minimum atomic E-state index is -0.269. The van der Waals surface area contributed by atoms with Crippen LogP contribution >= 0.6 is 0 Å². The molecule has 2 nitrogen and oxygen atoms in total. The van der Waals surface area contributed by atoms with Gasteiger partial charge in [-0.05, 0) is 42.5 Å². The number of anilines is 1. The predicted molar refractivity (Wildman–Crippen MR) is 48.8 cm³/mol. The summed E-state index contributed by atoms with van der Waals surface area (Å²) in [5.74, 6) is 0. The van der Waals surface area contributed by atoms with Gasteiger partial charge in [0.25, 0.3) is 0 Å². The van der Waals surface area contributed by atoms with Crippen LogP contribution in [0.2, 0.25) is 0 Å². The normalized spacial score (nSPS) is 21.9. The van der Waals surface area contributed by atoms with E-state index in [0.717, 1.165) is 30.5 Å². The van der Waals surface area contributed by atoms with Crippen molar-refractivity contribution in [3.8, 4) is 0 Å². The van der Waals surface area contributed by atoms with Crippen molar-refractivity contribution in [1.29, 1.82) is 0 Å². The van der Waals surface area contributed by atoms with Gasteiger partial charge in [0.15, 0.2) is 0 Å². The van der Waals surface area contributed by atoms with Gasteiger partial charge in [0.1, 0.15) is 0 Å². The Morgan fingerprint density at radius 1 is 1.42 bits per heavy atom. The van der Waals surface area contributed by atoms with Crippen molar-refractivity contribution in [1.82, 2.24) is 0 Å². The van der Waals surface area contributed by atoms with Crippen molar-refractivity contribution in [2.75, 3.05) is 5.73 Å². The Morgan fingerprint density at radius 3 is 3.08 bits per heavy atom. The number of hydrogen-bond donors (Lipinski definition) is 2. The van der Waals surface area contributed by atoms with E-state index in [1.165, 1.54) is 5.56 Å². The quantitative estimate of drug-likeness (QED) is 0.571. The molecule has 0 heterocycles. The zero-order valence-electron chi connectivity index (χ0n) is 6.96. The van der Waals surface area contributed by atoms with Crippen LogP contribution in [0.25, 0.3) is 0 Å². The third-order valence-corrected chi connectivity index (χ3v) is 2.45. The van der Waals surface area contributed by atoms with Crippen LogP contribution in [0, 0.1) is 0 Å². The fourth-order valence-electron chi connectivity index (χ4n) is 1.81.